The van der Waals surface area contributed by atoms with E-state index in [1.165, 1.54) is 0 Å². The van der Waals surface area contributed by atoms with Gasteiger partial charge in [-0.05, 0) is 28.1 Å². The van der Waals surface area contributed by atoms with Gasteiger partial charge in [0.15, 0.2) is 0 Å². The molecule has 0 radical (unpaired) electrons. The molecule has 0 saturated carbocycles. The van der Waals surface area contributed by atoms with Crippen molar-refractivity contribution in [2.75, 3.05) is 12.3 Å². The lowest BCUT2D eigenvalue weighted by Gasteiger charge is -2.08. The van der Waals surface area contributed by atoms with Gasteiger partial charge in [0.25, 0.3) is 0 Å². The molecule has 0 fully saturated rings. The van der Waals surface area contributed by atoms with Gasteiger partial charge in [0, 0.05) is 11.0 Å². The van der Waals surface area contributed by atoms with Gasteiger partial charge < -0.3 is 5.73 Å². The van der Waals surface area contributed by atoms with Gasteiger partial charge in [-0.3, -0.25) is 0 Å². The number of nitrogens with two attached hydrogens (primary N) is 1. The largest absolute Gasteiger partial charge is 0.396 e. The molecule has 1 aromatic carbocycles. The SMILES string of the molecule is CCNS(=O)(=O)c1cc(N)c(F)cc1Br. The van der Waals surface area contributed by atoms with E-state index in [9.17, 15) is 12.8 Å². The van der Waals surface area contributed by atoms with Crippen molar-refractivity contribution in [2.24, 2.45) is 0 Å². The Hall–Kier alpha value is -0.660. The Labute approximate surface area is 95.8 Å². The van der Waals surface area contributed by atoms with E-state index < -0.39 is 15.8 Å². The zero-order chi connectivity index (χ0) is 11.6. The van der Waals surface area contributed by atoms with Crippen LogP contribution in [0.2, 0.25) is 0 Å². The molecular weight excluding hydrogens is 287 g/mol. The van der Waals surface area contributed by atoms with E-state index in [-0.39, 0.29) is 21.6 Å². The molecule has 0 aliphatic heterocycles. The molecule has 0 aliphatic rings. The molecule has 0 heterocycles. The fourth-order valence-corrected chi connectivity index (χ4v) is 3.11. The molecule has 3 N–H and O–H groups in total. The second kappa shape index (κ2) is 4.46. The molecule has 0 aliphatic carbocycles. The molecule has 84 valence electrons. The molecular formula is C8H10BrFN2O2S. The van der Waals surface area contributed by atoms with Gasteiger partial charge in [0.1, 0.15) is 5.82 Å². The lowest BCUT2D eigenvalue weighted by Crippen LogP contribution is -2.23. The Morgan fingerprint density at radius 2 is 2.13 bits per heavy atom. The van der Waals surface area contributed by atoms with Crippen LogP contribution in [-0.4, -0.2) is 15.0 Å². The Bertz CT molecular complexity index is 476. The van der Waals surface area contributed by atoms with E-state index in [1.807, 2.05) is 0 Å². The minimum absolute atomic E-state index is 0.0664. The Morgan fingerprint density at radius 3 is 2.67 bits per heavy atom. The third-order valence-corrected chi connectivity index (χ3v) is 4.18. The summed E-state index contributed by atoms with van der Waals surface area (Å²) in [6.07, 6.45) is 0. The van der Waals surface area contributed by atoms with E-state index in [2.05, 4.69) is 20.7 Å². The van der Waals surface area contributed by atoms with Gasteiger partial charge >= 0.3 is 0 Å². The molecule has 1 aromatic rings. The number of nitrogens with one attached hydrogen (secondary N) is 1. The van der Waals surface area contributed by atoms with Gasteiger partial charge in [0.05, 0.1) is 10.6 Å². The van der Waals surface area contributed by atoms with Crippen LogP contribution in [-0.2, 0) is 10.0 Å². The molecule has 15 heavy (non-hydrogen) atoms. The van der Waals surface area contributed by atoms with Crippen molar-refractivity contribution in [1.29, 1.82) is 0 Å². The lowest BCUT2D eigenvalue weighted by molar-refractivity contribution is 0.582. The summed E-state index contributed by atoms with van der Waals surface area (Å²) in [4.78, 5) is -0.0664. The van der Waals surface area contributed by atoms with Crippen molar-refractivity contribution >= 4 is 31.6 Å². The average Bonchev–Trinajstić information content (AvgIpc) is 2.11. The standard InChI is InChI=1S/C8H10BrFN2O2S/c1-2-12-15(13,14)8-4-7(11)6(10)3-5(8)9/h3-4,12H,2,11H2,1H3. The molecule has 0 atom stereocenters. The summed E-state index contributed by atoms with van der Waals surface area (Å²) < 4.78 is 38.6. The number of nitrogen functional groups attached to an aromatic ring is 1. The highest BCUT2D eigenvalue weighted by Crippen LogP contribution is 2.26. The van der Waals surface area contributed by atoms with Gasteiger partial charge in [0.2, 0.25) is 10.0 Å². The summed E-state index contributed by atoms with van der Waals surface area (Å²) in [6.45, 7) is 1.91. The predicted octanol–water partition coefficient (Wildman–Crippen LogP) is 1.47. The van der Waals surface area contributed by atoms with Crippen LogP contribution in [0, 0.1) is 5.82 Å². The second-order valence-electron chi connectivity index (χ2n) is 2.81. The van der Waals surface area contributed by atoms with Crippen LogP contribution in [0.4, 0.5) is 10.1 Å². The third-order valence-electron chi connectivity index (χ3n) is 1.68. The van der Waals surface area contributed by atoms with Gasteiger partial charge in [-0.2, -0.15) is 0 Å². The van der Waals surface area contributed by atoms with Crippen molar-refractivity contribution in [2.45, 2.75) is 11.8 Å². The maximum Gasteiger partial charge on any atom is 0.241 e. The van der Waals surface area contributed by atoms with Crippen molar-refractivity contribution in [3.05, 3.63) is 22.4 Å². The van der Waals surface area contributed by atoms with Crippen molar-refractivity contribution in [1.82, 2.24) is 4.72 Å². The lowest BCUT2D eigenvalue weighted by atomic mass is 10.3. The van der Waals surface area contributed by atoms with Crippen molar-refractivity contribution in [3.8, 4) is 0 Å². The van der Waals surface area contributed by atoms with E-state index in [1.54, 1.807) is 6.92 Å². The second-order valence-corrected chi connectivity index (χ2v) is 5.40. The summed E-state index contributed by atoms with van der Waals surface area (Å²) in [7, 11) is -3.62. The van der Waals surface area contributed by atoms with Crippen LogP contribution >= 0.6 is 15.9 Å². The maximum absolute atomic E-state index is 13.0. The average molecular weight is 297 g/mol. The Kier molecular flexibility index (Phi) is 3.69. The maximum atomic E-state index is 13.0. The normalized spacial score (nSPS) is 11.7. The van der Waals surface area contributed by atoms with Crippen LogP contribution in [0.25, 0.3) is 0 Å². The summed E-state index contributed by atoms with van der Waals surface area (Å²) >= 11 is 2.97. The molecule has 4 nitrogen and oxygen atoms in total. The molecule has 1 rings (SSSR count). The highest BCUT2D eigenvalue weighted by atomic mass is 79.9. The smallest absolute Gasteiger partial charge is 0.241 e. The minimum Gasteiger partial charge on any atom is -0.396 e. The molecule has 0 amide bonds. The highest BCUT2D eigenvalue weighted by Gasteiger charge is 2.18. The molecule has 0 spiro atoms. The van der Waals surface area contributed by atoms with Crippen LogP contribution in [0.15, 0.2) is 21.5 Å². The quantitative estimate of drug-likeness (QED) is 0.830. The van der Waals surface area contributed by atoms with Gasteiger partial charge in [-0.1, -0.05) is 6.92 Å². The van der Waals surface area contributed by atoms with Crippen LogP contribution < -0.4 is 10.5 Å². The predicted molar refractivity (Wildman–Crippen MR) is 59.4 cm³/mol. The summed E-state index contributed by atoms with van der Waals surface area (Å²) in [5, 5.41) is 0. The first kappa shape index (κ1) is 12.4. The topological polar surface area (TPSA) is 72.2 Å². The Morgan fingerprint density at radius 1 is 1.53 bits per heavy atom. The molecule has 7 heteroatoms. The molecule has 0 unspecified atom stereocenters. The minimum atomic E-state index is -3.62. The summed E-state index contributed by atoms with van der Waals surface area (Å²) in [5.41, 5.74) is 5.09. The number of hydrogen-bond donors (Lipinski definition) is 2. The molecule has 0 aromatic heterocycles. The third kappa shape index (κ3) is 2.67. The van der Waals surface area contributed by atoms with Crippen molar-refractivity contribution < 1.29 is 12.8 Å². The zero-order valence-electron chi connectivity index (χ0n) is 7.92. The fraction of sp³-hybridized carbons (Fsp3) is 0.250. The van der Waals surface area contributed by atoms with E-state index in [4.69, 9.17) is 5.73 Å². The highest BCUT2D eigenvalue weighted by molar-refractivity contribution is 9.10. The number of halogens is 2. The first-order chi connectivity index (χ1) is 6.88. The zero-order valence-corrected chi connectivity index (χ0v) is 10.3. The molecule has 0 saturated heterocycles. The number of sulfonamides is 1. The summed E-state index contributed by atoms with van der Waals surface area (Å²) in [6, 6.07) is 2.11. The first-order valence-corrected chi connectivity index (χ1v) is 6.40. The number of hydrogen-bond acceptors (Lipinski definition) is 3. The van der Waals surface area contributed by atoms with E-state index >= 15 is 0 Å². The number of rotatable bonds is 3. The van der Waals surface area contributed by atoms with Crippen LogP contribution in [0.1, 0.15) is 6.92 Å². The van der Waals surface area contributed by atoms with Gasteiger partial charge in [-0.15, -0.1) is 0 Å². The first-order valence-electron chi connectivity index (χ1n) is 4.12. The van der Waals surface area contributed by atoms with Crippen molar-refractivity contribution in [3.63, 3.8) is 0 Å². The number of benzene rings is 1. The van der Waals surface area contributed by atoms with Gasteiger partial charge in [-0.25, -0.2) is 17.5 Å². The monoisotopic (exact) mass is 296 g/mol. The Balaban J connectivity index is 3.33. The fourth-order valence-electron chi connectivity index (χ4n) is 1.02. The van der Waals surface area contributed by atoms with Crippen LogP contribution in [0.5, 0.6) is 0 Å². The van der Waals surface area contributed by atoms with E-state index in [0.717, 1.165) is 12.1 Å². The number of anilines is 1. The van der Waals surface area contributed by atoms with E-state index in [0.29, 0.717) is 0 Å². The van der Waals surface area contributed by atoms with Crippen LogP contribution in [0.3, 0.4) is 0 Å². The summed E-state index contributed by atoms with van der Waals surface area (Å²) in [5.74, 6) is -0.655. The molecule has 0 bridgehead atoms.